The summed E-state index contributed by atoms with van der Waals surface area (Å²) in [7, 11) is 0. The van der Waals surface area contributed by atoms with Crippen molar-refractivity contribution in [1.29, 1.82) is 0 Å². The van der Waals surface area contributed by atoms with Crippen LogP contribution in [0.3, 0.4) is 0 Å². The lowest BCUT2D eigenvalue weighted by Gasteiger charge is -2.10. The van der Waals surface area contributed by atoms with Crippen molar-refractivity contribution >= 4 is 35.1 Å². The molecule has 0 saturated heterocycles. The summed E-state index contributed by atoms with van der Waals surface area (Å²) in [4.78, 5) is 23.5. The highest BCUT2D eigenvalue weighted by Crippen LogP contribution is 2.22. The van der Waals surface area contributed by atoms with E-state index in [-0.39, 0.29) is 13.2 Å². The van der Waals surface area contributed by atoms with Crippen LogP contribution in [0.4, 0.5) is 0 Å². The van der Waals surface area contributed by atoms with Gasteiger partial charge in [-0.1, -0.05) is 23.2 Å². The largest absolute Gasteiger partial charge is 0.482 e. The molecule has 0 unspecified atom stereocenters. The van der Waals surface area contributed by atoms with Gasteiger partial charge in [0.1, 0.15) is 11.5 Å². The van der Waals surface area contributed by atoms with Gasteiger partial charge in [0.2, 0.25) is 0 Å². The molecule has 0 heterocycles. The summed E-state index contributed by atoms with van der Waals surface area (Å²) < 4.78 is 21.2. The van der Waals surface area contributed by atoms with Gasteiger partial charge in [-0.25, -0.2) is 9.59 Å². The lowest BCUT2D eigenvalue weighted by Crippen LogP contribution is -2.16. The Hall–Kier alpha value is -2.44. The third-order valence-corrected chi connectivity index (χ3v) is 5.00. The van der Waals surface area contributed by atoms with Crippen molar-refractivity contribution in [3.8, 4) is 11.5 Å². The molecule has 0 radical (unpaired) electrons. The van der Waals surface area contributed by atoms with Crippen LogP contribution >= 0.6 is 23.2 Å². The van der Waals surface area contributed by atoms with Gasteiger partial charge in [0.05, 0.1) is 13.2 Å². The summed E-state index contributed by atoms with van der Waals surface area (Å²) >= 11 is 11.8. The van der Waals surface area contributed by atoms with E-state index in [4.69, 9.17) is 42.1 Å². The number of unbranched alkanes of at least 4 members (excludes halogenated alkanes) is 3. The van der Waals surface area contributed by atoms with Crippen LogP contribution in [0, 0.1) is 13.8 Å². The Labute approximate surface area is 198 Å². The topological polar surface area (TPSA) is 71.1 Å². The van der Waals surface area contributed by atoms with E-state index in [1.54, 1.807) is 36.4 Å². The summed E-state index contributed by atoms with van der Waals surface area (Å²) in [6, 6.07) is 10.4. The molecule has 0 aliphatic carbocycles. The number of esters is 2. The fourth-order valence-electron chi connectivity index (χ4n) is 2.84. The first-order valence-corrected chi connectivity index (χ1v) is 11.2. The second-order valence-electron chi connectivity index (χ2n) is 7.25. The molecular formula is C24H28Cl2O6. The van der Waals surface area contributed by atoms with Crippen molar-refractivity contribution in [3.05, 3.63) is 57.6 Å². The lowest BCUT2D eigenvalue weighted by atomic mass is 10.2. The number of carbonyl (C=O) groups excluding carboxylic acids is 2. The maximum atomic E-state index is 11.8. The molecule has 6 nitrogen and oxygen atoms in total. The number of ether oxygens (including phenoxy) is 4. The first-order valence-electron chi connectivity index (χ1n) is 10.4. The zero-order valence-corrected chi connectivity index (χ0v) is 19.8. The molecular weight excluding hydrogens is 455 g/mol. The number of carbonyl (C=O) groups is 2. The van der Waals surface area contributed by atoms with Crippen LogP contribution in [0.15, 0.2) is 36.4 Å². The number of benzene rings is 2. The van der Waals surface area contributed by atoms with E-state index in [0.717, 1.165) is 36.8 Å². The molecule has 0 amide bonds. The first kappa shape index (κ1) is 25.8. The maximum absolute atomic E-state index is 11.8. The monoisotopic (exact) mass is 482 g/mol. The summed E-state index contributed by atoms with van der Waals surface area (Å²) in [6.07, 6.45) is 3.20. The Kier molecular flexibility index (Phi) is 11.2. The van der Waals surface area contributed by atoms with Crippen LogP contribution in [0.2, 0.25) is 10.0 Å². The highest BCUT2D eigenvalue weighted by molar-refractivity contribution is 6.31. The van der Waals surface area contributed by atoms with E-state index >= 15 is 0 Å². The average Bonchev–Trinajstić information content (AvgIpc) is 2.74. The minimum atomic E-state index is -0.413. The van der Waals surface area contributed by atoms with E-state index in [1.807, 2.05) is 13.8 Å². The number of halogens is 2. The van der Waals surface area contributed by atoms with E-state index in [1.165, 1.54) is 0 Å². The summed E-state index contributed by atoms with van der Waals surface area (Å²) in [6.45, 7) is 4.09. The van der Waals surface area contributed by atoms with Crippen molar-refractivity contribution in [3.63, 3.8) is 0 Å². The van der Waals surface area contributed by atoms with Gasteiger partial charge < -0.3 is 18.9 Å². The van der Waals surface area contributed by atoms with E-state index in [0.29, 0.717) is 34.8 Å². The van der Waals surface area contributed by atoms with Gasteiger partial charge in [0.25, 0.3) is 0 Å². The third-order valence-electron chi connectivity index (χ3n) is 4.53. The molecule has 0 N–H and O–H groups in total. The van der Waals surface area contributed by atoms with Gasteiger partial charge in [-0.2, -0.15) is 0 Å². The highest BCUT2D eigenvalue weighted by Gasteiger charge is 2.08. The van der Waals surface area contributed by atoms with Crippen LogP contribution in [-0.4, -0.2) is 38.4 Å². The molecule has 0 spiro atoms. The Bertz CT molecular complexity index is 827. The molecule has 0 atom stereocenters. The molecule has 0 aliphatic rings. The Morgan fingerprint density at radius 2 is 1.09 bits per heavy atom. The molecule has 0 fully saturated rings. The zero-order chi connectivity index (χ0) is 23.3. The van der Waals surface area contributed by atoms with Crippen molar-refractivity contribution in [2.24, 2.45) is 0 Å². The van der Waals surface area contributed by atoms with Crippen LogP contribution in [0.1, 0.15) is 36.8 Å². The predicted octanol–water partition coefficient (Wildman–Crippen LogP) is 5.71. The van der Waals surface area contributed by atoms with Crippen LogP contribution < -0.4 is 9.47 Å². The number of hydrogen-bond donors (Lipinski definition) is 0. The zero-order valence-electron chi connectivity index (χ0n) is 18.3. The minimum Gasteiger partial charge on any atom is -0.482 e. The second-order valence-corrected chi connectivity index (χ2v) is 8.13. The molecule has 0 aliphatic heterocycles. The Balaban J connectivity index is 1.46. The van der Waals surface area contributed by atoms with Crippen LogP contribution in [0.25, 0.3) is 0 Å². The van der Waals surface area contributed by atoms with Gasteiger partial charge in [-0.05, 0) is 87.1 Å². The maximum Gasteiger partial charge on any atom is 0.344 e. The van der Waals surface area contributed by atoms with E-state index in [9.17, 15) is 9.59 Å². The quantitative estimate of drug-likeness (QED) is 0.268. The first-order chi connectivity index (χ1) is 15.3. The fourth-order valence-corrected chi connectivity index (χ4v) is 3.29. The normalized spacial score (nSPS) is 10.5. The smallest absolute Gasteiger partial charge is 0.344 e. The standard InChI is InChI=1S/C24H28Cl2O6/c1-17-13-19(25)7-9-21(17)31-15-23(27)29-11-5-3-4-6-12-30-24(28)16-32-22-10-8-20(26)14-18(22)2/h7-10,13-14H,3-6,11-12,15-16H2,1-2H3. The van der Waals surface area contributed by atoms with Gasteiger partial charge in [-0.3, -0.25) is 0 Å². The van der Waals surface area contributed by atoms with Crippen LogP contribution in [0.5, 0.6) is 11.5 Å². The van der Waals surface area contributed by atoms with Crippen molar-refractivity contribution in [2.45, 2.75) is 39.5 Å². The summed E-state index contributed by atoms with van der Waals surface area (Å²) in [5.74, 6) is 0.387. The van der Waals surface area contributed by atoms with E-state index < -0.39 is 11.9 Å². The lowest BCUT2D eigenvalue weighted by molar-refractivity contribution is -0.147. The SMILES string of the molecule is Cc1cc(Cl)ccc1OCC(=O)OCCCCCCOC(=O)COc1ccc(Cl)cc1C. The number of hydrogen-bond acceptors (Lipinski definition) is 6. The summed E-state index contributed by atoms with van der Waals surface area (Å²) in [5.41, 5.74) is 1.72. The average molecular weight is 483 g/mol. The molecule has 2 aromatic rings. The number of aryl methyl sites for hydroxylation is 2. The van der Waals surface area contributed by atoms with E-state index in [2.05, 4.69) is 0 Å². The number of rotatable bonds is 13. The molecule has 32 heavy (non-hydrogen) atoms. The highest BCUT2D eigenvalue weighted by atomic mass is 35.5. The second kappa shape index (κ2) is 13.9. The van der Waals surface area contributed by atoms with Gasteiger partial charge >= 0.3 is 11.9 Å². The summed E-state index contributed by atoms with van der Waals surface area (Å²) in [5, 5.41) is 1.24. The Morgan fingerprint density at radius 1 is 0.688 bits per heavy atom. The predicted molar refractivity (Wildman–Crippen MR) is 124 cm³/mol. The fraction of sp³-hybridized carbons (Fsp3) is 0.417. The molecule has 2 rings (SSSR count). The van der Waals surface area contributed by atoms with Crippen molar-refractivity contribution in [1.82, 2.24) is 0 Å². The Morgan fingerprint density at radius 3 is 1.47 bits per heavy atom. The van der Waals surface area contributed by atoms with Gasteiger partial charge in [0, 0.05) is 10.0 Å². The molecule has 174 valence electrons. The van der Waals surface area contributed by atoms with Crippen LogP contribution in [-0.2, 0) is 19.1 Å². The van der Waals surface area contributed by atoms with Crippen molar-refractivity contribution in [2.75, 3.05) is 26.4 Å². The molecule has 2 aromatic carbocycles. The minimum absolute atomic E-state index is 0.143. The molecule has 0 bridgehead atoms. The molecule has 0 aromatic heterocycles. The third kappa shape index (κ3) is 9.79. The molecule has 0 saturated carbocycles. The van der Waals surface area contributed by atoms with Gasteiger partial charge in [-0.15, -0.1) is 0 Å². The van der Waals surface area contributed by atoms with Gasteiger partial charge in [0.15, 0.2) is 13.2 Å². The van der Waals surface area contributed by atoms with Crippen molar-refractivity contribution < 1.29 is 28.5 Å². The molecule has 8 heteroatoms.